The van der Waals surface area contributed by atoms with E-state index in [9.17, 15) is 30.0 Å². The second kappa shape index (κ2) is 8.47. The Morgan fingerprint density at radius 3 is 2.30 bits per heavy atom. The van der Waals surface area contributed by atoms with E-state index in [0.29, 0.717) is 0 Å². The maximum absolute atomic E-state index is 11.2. The Morgan fingerprint density at radius 2 is 1.87 bits per heavy atom. The molecular formula is C11H21NO11. The molecule has 1 heterocycles. The Kier molecular flexibility index (Phi) is 7.96. The van der Waals surface area contributed by atoms with E-state index in [-0.39, 0.29) is 5.48 Å². The minimum Gasteiger partial charge on any atom is -0.477 e. The second-order valence-electron chi connectivity index (χ2n) is 4.94. The molecule has 0 saturated carbocycles. The third-order valence-electron chi connectivity index (χ3n) is 3.31. The molecule has 23 heavy (non-hydrogen) atoms. The Balaban J connectivity index is 0.00000484. The van der Waals surface area contributed by atoms with E-state index in [1.54, 1.807) is 0 Å². The predicted octanol–water partition coefficient (Wildman–Crippen LogP) is -5.72. The summed E-state index contributed by atoms with van der Waals surface area (Å²) >= 11 is 0. The van der Waals surface area contributed by atoms with Crippen molar-refractivity contribution in [3.8, 4) is 0 Å². The Labute approximate surface area is 129 Å². The Morgan fingerprint density at radius 1 is 1.30 bits per heavy atom. The van der Waals surface area contributed by atoms with Gasteiger partial charge in [-0.1, -0.05) is 0 Å². The highest BCUT2D eigenvalue weighted by molar-refractivity contribution is 5.78. The summed E-state index contributed by atoms with van der Waals surface area (Å²) in [5.41, 5.74) is 0. The average molecular weight is 343 g/mol. The molecule has 12 heteroatoms. The molecule has 1 aliphatic heterocycles. The summed E-state index contributed by atoms with van der Waals surface area (Å²) in [6, 6.07) is -1.42. The van der Waals surface area contributed by atoms with Crippen LogP contribution < -0.4 is 5.32 Å². The summed E-state index contributed by atoms with van der Waals surface area (Å²) in [5, 5.41) is 67.5. The maximum atomic E-state index is 11.2. The third kappa shape index (κ3) is 4.79. The van der Waals surface area contributed by atoms with Gasteiger partial charge in [0.05, 0.1) is 18.8 Å². The molecule has 1 unspecified atom stereocenters. The SMILES string of the molecule is O.O=C(CO)N[C@H]1[C@H]([C@H](O)[C@H](O)CO)OC(O)(C(=O)O)C[C@@H]1O. The zero-order valence-corrected chi connectivity index (χ0v) is 11.9. The first-order valence-corrected chi connectivity index (χ1v) is 6.35. The number of nitrogens with one attached hydrogen (secondary N) is 1. The van der Waals surface area contributed by atoms with Crippen LogP contribution in [0.1, 0.15) is 6.42 Å². The normalized spacial score (nSPS) is 33.2. The van der Waals surface area contributed by atoms with Crippen LogP contribution in [0.5, 0.6) is 0 Å². The van der Waals surface area contributed by atoms with Crippen molar-refractivity contribution in [1.82, 2.24) is 5.32 Å². The summed E-state index contributed by atoms with van der Waals surface area (Å²) in [7, 11) is 0. The van der Waals surface area contributed by atoms with Crippen LogP contribution in [0.4, 0.5) is 0 Å². The molecule has 0 radical (unpaired) electrons. The van der Waals surface area contributed by atoms with Crippen LogP contribution in [0.2, 0.25) is 0 Å². The number of carboxylic acid groups (broad SMARTS) is 1. The fourth-order valence-electron chi connectivity index (χ4n) is 2.13. The van der Waals surface area contributed by atoms with Gasteiger partial charge in [0.2, 0.25) is 5.91 Å². The minimum absolute atomic E-state index is 0. The number of ether oxygens (including phenoxy) is 1. The number of carbonyl (C=O) groups excluding carboxylic acids is 1. The van der Waals surface area contributed by atoms with Gasteiger partial charge in [-0.2, -0.15) is 0 Å². The molecule has 0 spiro atoms. The van der Waals surface area contributed by atoms with Gasteiger partial charge in [-0.25, -0.2) is 4.79 Å². The van der Waals surface area contributed by atoms with Crippen molar-refractivity contribution >= 4 is 11.9 Å². The molecule has 1 rings (SSSR count). The lowest BCUT2D eigenvalue weighted by Crippen LogP contribution is -2.67. The standard InChI is InChI=1S/C11H19NO10.H2O/c13-2-5(16)8(18)9-7(12-6(17)3-14)4(15)1-11(21,22-9)10(19)20;/h4-5,7-9,13-16,18,21H,1-3H2,(H,12,17)(H,19,20);1H2/t4-,5+,7+,8+,9+,11?;/m0./s1. The topological polar surface area (TPSA) is 229 Å². The largest absolute Gasteiger partial charge is 0.477 e. The number of aliphatic hydroxyl groups is 6. The van der Waals surface area contributed by atoms with Gasteiger partial charge >= 0.3 is 5.97 Å². The van der Waals surface area contributed by atoms with Crippen LogP contribution >= 0.6 is 0 Å². The number of hydrogen-bond donors (Lipinski definition) is 8. The molecule has 136 valence electrons. The van der Waals surface area contributed by atoms with Crippen molar-refractivity contribution in [1.29, 1.82) is 0 Å². The quantitative estimate of drug-likeness (QED) is 0.228. The third-order valence-corrected chi connectivity index (χ3v) is 3.31. The van der Waals surface area contributed by atoms with Gasteiger partial charge in [0.1, 0.15) is 24.9 Å². The highest BCUT2D eigenvalue weighted by Gasteiger charge is 2.53. The Hall–Kier alpha value is -1.38. The summed E-state index contributed by atoms with van der Waals surface area (Å²) in [5.74, 6) is -5.64. The molecule has 0 aromatic heterocycles. The van der Waals surface area contributed by atoms with Gasteiger partial charge in [0, 0.05) is 6.42 Å². The predicted molar refractivity (Wildman–Crippen MR) is 69.8 cm³/mol. The molecule has 1 fully saturated rings. The minimum atomic E-state index is -2.85. The van der Waals surface area contributed by atoms with Crippen LogP contribution in [0, 0.1) is 0 Å². The first-order valence-electron chi connectivity index (χ1n) is 6.35. The first-order chi connectivity index (χ1) is 10.2. The number of carboxylic acids is 1. The zero-order chi connectivity index (χ0) is 17.1. The van der Waals surface area contributed by atoms with E-state index in [1.165, 1.54) is 0 Å². The van der Waals surface area contributed by atoms with Gasteiger partial charge in [0.15, 0.2) is 0 Å². The van der Waals surface area contributed by atoms with Crippen molar-refractivity contribution in [3.05, 3.63) is 0 Å². The highest BCUT2D eigenvalue weighted by atomic mass is 16.7. The molecule has 1 saturated heterocycles. The van der Waals surface area contributed by atoms with Crippen molar-refractivity contribution < 1.29 is 55.5 Å². The summed E-state index contributed by atoms with van der Waals surface area (Å²) < 4.78 is 4.83. The molecule has 12 nitrogen and oxygen atoms in total. The van der Waals surface area contributed by atoms with E-state index in [2.05, 4.69) is 5.32 Å². The molecule has 0 aromatic carbocycles. The number of carbonyl (C=O) groups is 2. The molecule has 1 amide bonds. The van der Waals surface area contributed by atoms with E-state index >= 15 is 0 Å². The monoisotopic (exact) mass is 343 g/mol. The number of aliphatic carboxylic acids is 1. The molecule has 1 aliphatic rings. The van der Waals surface area contributed by atoms with E-state index < -0.39 is 67.8 Å². The Bertz CT molecular complexity index is 419. The molecular weight excluding hydrogens is 322 g/mol. The van der Waals surface area contributed by atoms with Crippen LogP contribution in [-0.2, 0) is 14.3 Å². The van der Waals surface area contributed by atoms with Gasteiger partial charge < -0.3 is 51.3 Å². The smallest absolute Gasteiger partial charge is 0.364 e. The van der Waals surface area contributed by atoms with Gasteiger partial charge in [-0.15, -0.1) is 0 Å². The lowest BCUT2D eigenvalue weighted by molar-refractivity contribution is -0.295. The lowest BCUT2D eigenvalue weighted by atomic mass is 9.88. The zero-order valence-electron chi connectivity index (χ0n) is 11.9. The summed E-state index contributed by atoms with van der Waals surface area (Å²) in [6.45, 7) is -1.86. The molecule has 6 atom stereocenters. The average Bonchev–Trinajstić information content (AvgIpc) is 2.47. The number of hydrogen-bond acceptors (Lipinski definition) is 9. The number of aliphatic hydroxyl groups excluding tert-OH is 5. The van der Waals surface area contributed by atoms with Gasteiger partial charge in [-0.3, -0.25) is 4.79 Å². The molecule has 10 N–H and O–H groups in total. The van der Waals surface area contributed by atoms with Crippen LogP contribution in [0.25, 0.3) is 0 Å². The van der Waals surface area contributed by atoms with Crippen molar-refractivity contribution in [2.75, 3.05) is 13.2 Å². The van der Waals surface area contributed by atoms with Crippen molar-refractivity contribution in [3.63, 3.8) is 0 Å². The fraction of sp³-hybridized carbons (Fsp3) is 0.818. The second-order valence-corrected chi connectivity index (χ2v) is 4.94. The molecule has 0 bridgehead atoms. The molecule has 0 aromatic rings. The lowest BCUT2D eigenvalue weighted by Gasteiger charge is -2.44. The highest BCUT2D eigenvalue weighted by Crippen LogP contribution is 2.30. The van der Waals surface area contributed by atoms with E-state index in [0.717, 1.165) is 0 Å². The summed E-state index contributed by atoms with van der Waals surface area (Å²) in [4.78, 5) is 22.2. The van der Waals surface area contributed by atoms with E-state index in [1.807, 2.05) is 0 Å². The van der Waals surface area contributed by atoms with Gasteiger partial charge in [-0.05, 0) is 0 Å². The van der Waals surface area contributed by atoms with E-state index in [4.69, 9.17) is 20.1 Å². The number of amides is 1. The maximum Gasteiger partial charge on any atom is 0.364 e. The van der Waals surface area contributed by atoms with Crippen LogP contribution in [-0.4, -0.2) is 103 Å². The fourth-order valence-corrected chi connectivity index (χ4v) is 2.13. The van der Waals surface area contributed by atoms with Gasteiger partial charge in [0.25, 0.3) is 5.79 Å². The van der Waals surface area contributed by atoms with Crippen LogP contribution in [0.3, 0.4) is 0 Å². The first kappa shape index (κ1) is 21.6. The van der Waals surface area contributed by atoms with Crippen LogP contribution in [0.15, 0.2) is 0 Å². The molecule has 0 aliphatic carbocycles. The number of rotatable bonds is 6. The van der Waals surface area contributed by atoms with Crippen molar-refractivity contribution in [2.24, 2.45) is 0 Å². The van der Waals surface area contributed by atoms with Crippen molar-refractivity contribution in [2.45, 2.75) is 42.7 Å². The summed E-state index contributed by atoms with van der Waals surface area (Å²) in [6.07, 6.45) is -7.92.